The van der Waals surface area contributed by atoms with Gasteiger partial charge in [-0.3, -0.25) is 14.4 Å². The lowest BCUT2D eigenvalue weighted by Gasteiger charge is -2.18. The Morgan fingerprint density at radius 1 is 0.333 bits per heavy atom. The second kappa shape index (κ2) is 49.5. The summed E-state index contributed by atoms with van der Waals surface area (Å²) in [6.45, 7) is 6.61. The molecule has 0 aliphatic heterocycles. The molecule has 0 saturated carbocycles. The Labute approximate surface area is 373 Å². The zero-order valence-electron chi connectivity index (χ0n) is 40.2. The molecule has 0 aliphatic carbocycles. The van der Waals surface area contributed by atoms with E-state index in [0.29, 0.717) is 19.3 Å². The highest BCUT2D eigenvalue weighted by molar-refractivity contribution is 5.71. The number of unbranched alkanes of at least 4 members (excludes halogenated alkanes) is 33. The van der Waals surface area contributed by atoms with E-state index in [1.807, 2.05) is 6.08 Å². The number of carbonyl (C=O) groups excluding carboxylic acids is 3. The Bertz CT molecular complexity index is 973. The van der Waals surface area contributed by atoms with Gasteiger partial charge < -0.3 is 14.2 Å². The first-order chi connectivity index (χ1) is 29.5. The molecule has 6 heteroatoms. The molecule has 6 nitrogen and oxygen atoms in total. The predicted octanol–water partition coefficient (Wildman–Crippen LogP) is 17.2. The van der Waals surface area contributed by atoms with E-state index >= 15 is 0 Å². The molecule has 0 bridgehead atoms. The molecule has 1 unspecified atom stereocenters. The van der Waals surface area contributed by atoms with Crippen molar-refractivity contribution in [3.63, 3.8) is 0 Å². The minimum absolute atomic E-state index is 0.0886. The quantitative estimate of drug-likeness (QED) is 0.0263. The van der Waals surface area contributed by atoms with Gasteiger partial charge in [-0.2, -0.15) is 0 Å². The third-order valence-electron chi connectivity index (χ3n) is 11.7. The minimum Gasteiger partial charge on any atom is -0.462 e. The second-order valence-corrected chi connectivity index (χ2v) is 17.8. The van der Waals surface area contributed by atoms with E-state index < -0.39 is 6.10 Å². The molecule has 0 rings (SSSR count). The lowest BCUT2D eigenvalue weighted by molar-refractivity contribution is -0.166. The Hall–Kier alpha value is -2.11. The molecule has 0 aromatic carbocycles. The van der Waals surface area contributed by atoms with Gasteiger partial charge in [-0.1, -0.05) is 251 Å². The van der Waals surface area contributed by atoms with E-state index in [0.717, 1.165) is 51.4 Å². The van der Waals surface area contributed by atoms with E-state index in [-0.39, 0.29) is 37.5 Å². The van der Waals surface area contributed by atoms with Crippen LogP contribution in [0.25, 0.3) is 0 Å². The first-order valence-electron chi connectivity index (χ1n) is 26.3. The van der Waals surface area contributed by atoms with Gasteiger partial charge in [0.05, 0.1) is 0 Å². The van der Waals surface area contributed by atoms with Gasteiger partial charge in [0, 0.05) is 19.3 Å². The van der Waals surface area contributed by atoms with Crippen molar-refractivity contribution in [2.24, 2.45) is 0 Å². The van der Waals surface area contributed by atoms with Crippen LogP contribution in [0.5, 0.6) is 0 Å². The molecule has 0 spiro atoms. The summed E-state index contributed by atoms with van der Waals surface area (Å²) < 4.78 is 16.7. The van der Waals surface area contributed by atoms with Crippen LogP contribution in [-0.2, 0) is 28.6 Å². The molecule has 60 heavy (non-hydrogen) atoms. The third-order valence-corrected chi connectivity index (χ3v) is 11.7. The van der Waals surface area contributed by atoms with Crippen LogP contribution in [0.4, 0.5) is 0 Å². The summed E-state index contributed by atoms with van der Waals surface area (Å²) in [5.74, 6) is -0.942. The van der Waals surface area contributed by atoms with Crippen molar-refractivity contribution in [1.29, 1.82) is 0 Å². The van der Waals surface area contributed by atoms with Crippen LogP contribution in [0.3, 0.4) is 0 Å². The highest BCUT2D eigenvalue weighted by atomic mass is 16.6. The fraction of sp³-hybridized carbons (Fsp3) is 0.870. The zero-order valence-corrected chi connectivity index (χ0v) is 40.2. The monoisotopic (exact) mass is 845 g/mol. The maximum absolute atomic E-state index is 12.7. The van der Waals surface area contributed by atoms with Gasteiger partial charge in [0.15, 0.2) is 6.10 Å². The summed E-state index contributed by atoms with van der Waals surface area (Å²) >= 11 is 0. The van der Waals surface area contributed by atoms with Gasteiger partial charge in [0.25, 0.3) is 0 Å². The van der Waals surface area contributed by atoms with Crippen LogP contribution in [-0.4, -0.2) is 37.2 Å². The van der Waals surface area contributed by atoms with Crippen molar-refractivity contribution in [1.82, 2.24) is 0 Å². The molecule has 352 valence electrons. The number of allylic oxidation sites excluding steroid dienone is 4. The van der Waals surface area contributed by atoms with Crippen LogP contribution in [0.2, 0.25) is 0 Å². The highest BCUT2D eigenvalue weighted by Gasteiger charge is 2.19. The predicted molar refractivity (Wildman–Crippen MR) is 256 cm³/mol. The molecule has 0 aliphatic rings. The molecule has 0 fully saturated rings. The molecule has 1 atom stereocenters. The summed E-state index contributed by atoms with van der Waals surface area (Å²) in [5, 5.41) is 0. The minimum atomic E-state index is -0.795. The molecule has 0 heterocycles. The summed E-state index contributed by atoms with van der Waals surface area (Å²) in [5.41, 5.74) is 0. The van der Waals surface area contributed by atoms with Crippen LogP contribution >= 0.6 is 0 Å². The van der Waals surface area contributed by atoms with Crippen molar-refractivity contribution >= 4 is 17.9 Å². The molecular formula is C54H100O6. The lowest BCUT2D eigenvalue weighted by atomic mass is 10.0. The average molecular weight is 845 g/mol. The Morgan fingerprint density at radius 2 is 0.633 bits per heavy atom. The summed E-state index contributed by atoms with van der Waals surface area (Å²) in [4.78, 5) is 37.9. The molecule has 0 amide bonds. The van der Waals surface area contributed by atoms with E-state index in [2.05, 4.69) is 39.0 Å². The molecular weight excluding hydrogens is 745 g/mol. The number of ether oxygens (including phenoxy) is 3. The van der Waals surface area contributed by atoms with Crippen LogP contribution in [0, 0.1) is 0 Å². The average Bonchev–Trinajstić information content (AvgIpc) is 3.24. The zero-order chi connectivity index (χ0) is 43.7. The Balaban J connectivity index is 4.37. The normalized spacial score (nSPS) is 12.1. The van der Waals surface area contributed by atoms with Crippen LogP contribution < -0.4 is 0 Å². The van der Waals surface area contributed by atoms with E-state index in [1.54, 1.807) is 0 Å². The Kier molecular flexibility index (Phi) is 47.8. The summed E-state index contributed by atoms with van der Waals surface area (Å²) in [6, 6.07) is 0. The fourth-order valence-electron chi connectivity index (χ4n) is 7.73. The van der Waals surface area contributed by atoms with Gasteiger partial charge in [-0.15, -0.1) is 0 Å². The lowest BCUT2D eigenvalue weighted by Crippen LogP contribution is -2.30. The van der Waals surface area contributed by atoms with Crippen molar-refractivity contribution < 1.29 is 28.6 Å². The number of hydrogen-bond acceptors (Lipinski definition) is 6. The molecule has 0 aromatic heterocycles. The van der Waals surface area contributed by atoms with E-state index in [4.69, 9.17) is 14.2 Å². The number of rotatable bonds is 48. The molecule has 0 aromatic rings. The van der Waals surface area contributed by atoms with Gasteiger partial charge in [0.1, 0.15) is 13.2 Å². The fourth-order valence-corrected chi connectivity index (χ4v) is 7.73. The standard InChI is InChI=1S/C54H100O6/c1-4-7-10-13-16-19-22-25-26-27-30-32-35-38-41-44-47-53(56)59-50-51(60-54(57)48-45-42-39-36-33-29-24-21-18-15-12-9-6-3)49-58-52(55)46-43-40-37-34-31-28-23-20-17-14-11-8-5-2/h29,33,39,42,51H,4-28,30-32,34-38,40-41,43-50H2,1-3H3/b33-29-,42-39-. The maximum atomic E-state index is 12.7. The van der Waals surface area contributed by atoms with E-state index in [1.165, 1.54) is 186 Å². The van der Waals surface area contributed by atoms with Gasteiger partial charge in [0.2, 0.25) is 0 Å². The smallest absolute Gasteiger partial charge is 0.306 e. The topological polar surface area (TPSA) is 78.9 Å². The van der Waals surface area contributed by atoms with Crippen molar-refractivity contribution in [2.75, 3.05) is 13.2 Å². The van der Waals surface area contributed by atoms with Crippen LogP contribution in [0.15, 0.2) is 24.3 Å². The first kappa shape index (κ1) is 57.9. The molecule has 0 N–H and O–H groups in total. The van der Waals surface area contributed by atoms with Gasteiger partial charge in [-0.05, 0) is 38.5 Å². The summed E-state index contributed by atoms with van der Waals surface area (Å²) in [6.07, 6.45) is 56.0. The second-order valence-electron chi connectivity index (χ2n) is 17.8. The first-order valence-corrected chi connectivity index (χ1v) is 26.3. The van der Waals surface area contributed by atoms with Crippen molar-refractivity contribution in [2.45, 2.75) is 290 Å². The van der Waals surface area contributed by atoms with Crippen molar-refractivity contribution in [3.05, 3.63) is 24.3 Å². The summed E-state index contributed by atoms with van der Waals surface area (Å²) in [7, 11) is 0. The van der Waals surface area contributed by atoms with Crippen LogP contribution in [0.1, 0.15) is 284 Å². The maximum Gasteiger partial charge on any atom is 0.306 e. The largest absolute Gasteiger partial charge is 0.462 e. The van der Waals surface area contributed by atoms with Crippen molar-refractivity contribution in [3.8, 4) is 0 Å². The van der Waals surface area contributed by atoms with Gasteiger partial charge in [-0.25, -0.2) is 0 Å². The number of esters is 3. The SMILES string of the molecule is CCCCCCCC/C=C\C/C=C\CCC(=O)OC(COC(=O)CCCCCCCCCCCCCCC)COC(=O)CCCCCCCCCCCCCCCCCC. The number of carbonyl (C=O) groups is 3. The van der Waals surface area contributed by atoms with Gasteiger partial charge >= 0.3 is 17.9 Å². The highest BCUT2D eigenvalue weighted by Crippen LogP contribution is 2.16. The van der Waals surface area contributed by atoms with E-state index in [9.17, 15) is 14.4 Å². The third kappa shape index (κ3) is 46.9. The number of hydrogen-bond donors (Lipinski definition) is 0. The Morgan fingerprint density at radius 3 is 0.983 bits per heavy atom. The molecule has 0 saturated heterocycles. The molecule has 0 radical (unpaired) electrons.